The SMILES string of the molecule is NC(CCN1CCC(O)C1)c1cccc(Cl)c1. The summed E-state index contributed by atoms with van der Waals surface area (Å²) in [5.74, 6) is 0. The Balaban J connectivity index is 1.83. The molecule has 3 N–H and O–H groups in total. The number of aliphatic hydroxyl groups is 1. The van der Waals surface area contributed by atoms with Gasteiger partial charge in [-0.1, -0.05) is 23.7 Å². The van der Waals surface area contributed by atoms with E-state index in [-0.39, 0.29) is 12.1 Å². The Labute approximate surface area is 107 Å². The predicted molar refractivity (Wildman–Crippen MR) is 70.1 cm³/mol. The van der Waals surface area contributed by atoms with Crippen LogP contribution in [0.2, 0.25) is 5.02 Å². The third-order valence-electron chi connectivity index (χ3n) is 3.28. The highest BCUT2D eigenvalue weighted by Crippen LogP contribution is 2.19. The molecule has 1 fully saturated rings. The second-order valence-corrected chi connectivity index (χ2v) is 5.13. The molecule has 1 saturated heterocycles. The quantitative estimate of drug-likeness (QED) is 0.862. The average Bonchev–Trinajstić information content (AvgIpc) is 2.72. The highest BCUT2D eigenvalue weighted by Gasteiger charge is 2.20. The summed E-state index contributed by atoms with van der Waals surface area (Å²) in [6.45, 7) is 2.69. The third kappa shape index (κ3) is 3.68. The zero-order valence-electron chi connectivity index (χ0n) is 9.85. The molecule has 0 bridgehead atoms. The fourth-order valence-electron chi connectivity index (χ4n) is 2.24. The van der Waals surface area contributed by atoms with Crippen molar-refractivity contribution >= 4 is 11.6 Å². The van der Waals surface area contributed by atoms with E-state index in [9.17, 15) is 5.11 Å². The molecule has 1 aromatic rings. The lowest BCUT2D eigenvalue weighted by Gasteiger charge is -2.18. The Hall–Kier alpha value is -0.610. The van der Waals surface area contributed by atoms with E-state index in [1.165, 1.54) is 0 Å². The average molecular weight is 255 g/mol. The van der Waals surface area contributed by atoms with Crippen molar-refractivity contribution in [2.45, 2.75) is 25.0 Å². The van der Waals surface area contributed by atoms with Crippen LogP contribution in [0.25, 0.3) is 0 Å². The summed E-state index contributed by atoms with van der Waals surface area (Å²) in [7, 11) is 0. The Bertz CT molecular complexity index is 372. The minimum Gasteiger partial charge on any atom is -0.392 e. The molecule has 0 spiro atoms. The lowest BCUT2D eigenvalue weighted by Crippen LogP contribution is -2.26. The van der Waals surface area contributed by atoms with Crippen LogP contribution in [-0.2, 0) is 0 Å². The van der Waals surface area contributed by atoms with E-state index >= 15 is 0 Å². The minimum absolute atomic E-state index is 0.0199. The van der Waals surface area contributed by atoms with Crippen molar-refractivity contribution in [2.75, 3.05) is 19.6 Å². The molecule has 0 saturated carbocycles. The molecule has 0 amide bonds. The second kappa shape index (κ2) is 5.83. The van der Waals surface area contributed by atoms with Crippen molar-refractivity contribution in [1.29, 1.82) is 0 Å². The van der Waals surface area contributed by atoms with Gasteiger partial charge in [-0.15, -0.1) is 0 Å². The number of rotatable bonds is 4. The highest BCUT2D eigenvalue weighted by atomic mass is 35.5. The molecular formula is C13H19ClN2O. The van der Waals surface area contributed by atoms with Gasteiger partial charge in [0.05, 0.1) is 6.10 Å². The van der Waals surface area contributed by atoms with Gasteiger partial charge in [0.2, 0.25) is 0 Å². The molecule has 3 nitrogen and oxygen atoms in total. The first-order valence-corrected chi connectivity index (χ1v) is 6.44. The number of halogens is 1. The van der Waals surface area contributed by atoms with Crippen molar-refractivity contribution in [3.63, 3.8) is 0 Å². The van der Waals surface area contributed by atoms with Crippen molar-refractivity contribution in [3.05, 3.63) is 34.9 Å². The summed E-state index contributed by atoms with van der Waals surface area (Å²) < 4.78 is 0. The predicted octanol–water partition coefficient (Wildman–Crippen LogP) is 1.80. The Morgan fingerprint density at radius 1 is 1.53 bits per heavy atom. The first kappa shape index (κ1) is 12.8. The second-order valence-electron chi connectivity index (χ2n) is 4.69. The van der Waals surface area contributed by atoms with Crippen molar-refractivity contribution in [2.24, 2.45) is 5.73 Å². The molecule has 94 valence electrons. The lowest BCUT2D eigenvalue weighted by atomic mass is 10.0. The molecule has 17 heavy (non-hydrogen) atoms. The maximum Gasteiger partial charge on any atom is 0.0679 e. The van der Waals surface area contributed by atoms with E-state index in [0.29, 0.717) is 0 Å². The maximum atomic E-state index is 9.43. The zero-order valence-corrected chi connectivity index (χ0v) is 10.6. The Kier molecular flexibility index (Phi) is 4.40. The zero-order chi connectivity index (χ0) is 12.3. The largest absolute Gasteiger partial charge is 0.392 e. The van der Waals surface area contributed by atoms with Gasteiger partial charge < -0.3 is 15.7 Å². The summed E-state index contributed by atoms with van der Waals surface area (Å²) in [5, 5.41) is 10.2. The molecular weight excluding hydrogens is 236 g/mol. The number of aliphatic hydroxyl groups excluding tert-OH is 1. The molecule has 4 heteroatoms. The lowest BCUT2D eigenvalue weighted by molar-refractivity contribution is 0.175. The summed E-state index contributed by atoms with van der Waals surface area (Å²) in [4.78, 5) is 2.26. The van der Waals surface area contributed by atoms with Crippen LogP contribution in [0.15, 0.2) is 24.3 Å². The summed E-state index contributed by atoms with van der Waals surface area (Å²) in [6.07, 6.45) is 1.62. The number of likely N-dealkylation sites (tertiary alicyclic amines) is 1. The first-order valence-electron chi connectivity index (χ1n) is 6.06. The van der Waals surface area contributed by atoms with Crippen molar-refractivity contribution in [1.82, 2.24) is 4.90 Å². The highest BCUT2D eigenvalue weighted by molar-refractivity contribution is 6.30. The summed E-state index contributed by atoms with van der Waals surface area (Å²) in [5.41, 5.74) is 7.21. The van der Waals surface area contributed by atoms with Crippen LogP contribution in [-0.4, -0.2) is 35.7 Å². The number of benzene rings is 1. The number of hydrogen-bond donors (Lipinski definition) is 2. The third-order valence-corrected chi connectivity index (χ3v) is 3.52. The van der Waals surface area contributed by atoms with E-state index in [1.807, 2.05) is 24.3 Å². The normalized spacial score (nSPS) is 22.9. The van der Waals surface area contributed by atoms with Gasteiger partial charge in [0.15, 0.2) is 0 Å². The van der Waals surface area contributed by atoms with Crippen LogP contribution in [0.1, 0.15) is 24.4 Å². The summed E-state index contributed by atoms with van der Waals surface area (Å²) >= 11 is 5.94. The van der Waals surface area contributed by atoms with E-state index in [4.69, 9.17) is 17.3 Å². The van der Waals surface area contributed by atoms with E-state index in [0.717, 1.165) is 43.1 Å². The van der Waals surface area contributed by atoms with E-state index < -0.39 is 0 Å². The van der Waals surface area contributed by atoms with Gasteiger partial charge in [-0.05, 0) is 30.5 Å². The minimum atomic E-state index is -0.155. The van der Waals surface area contributed by atoms with Gasteiger partial charge in [0.25, 0.3) is 0 Å². The molecule has 1 aliphatic heterocycles. The van der Waals surface area contributed by atoms with Gasteiger partial charge in [0.1, 0.15) is 0 Å². The van der Waals surface area contributed by atoms with Crippen LogP contribution in [0, 0.1) is 0 Å². The fraction of sp³-hybridized carbons (Fsp3) is 0.538. The number of nitrogens with zero attached hydrogens (tertiary/aromatic N) is 1. The molecule has 2 rings (SSSR count). The molecule has 2 unspecified atom stereocenters. The molecule has 1 aliphatic rings. The van der Waals surface area contributed by atoms with E-state index in [2.05, 4.69) is 4.90 Å². The molecule has 1 heterocycles. The number of nitrogens with two attached hydrogens (primary N) is 1. The number of hydrogen-bond acceptors (Lipinski definition) is 3. The van der Waals surface area contributed by atoms with Gasteiger partial charge in [-0.25, -0.2) is 0 Å². The van der Waals surface area contributed by atoms with Gasteiger partial charge in [-0.2, -0.15) is 0 Å². The van der Waals surface area contributed by atoms with Crippen LogP contribution >= 0.6 is 11.6 Å². The molecule has 0 aromatic heterocycles. The fourth-order valence-corrected chi connectivity index (χ4v) is 2.44. The topological polar surface area (TPSA) is 49.5 Å². The molecule has 1 aromatic carbocycles. The van der Waals surface area contributed by atoms with Crippen molar-refractivity contribution < 1.29 is 5.11 Å². The molecule has 0 aliphatic carbocycles. The first-order chi connectivity index (χ1) is 8.15. The van der Waals surface area contributed by atoms with Gasteiger partial charge in [0, 0.05) is 30.7 Å². The van der Waals surface area contributed by atoms with Crippen LogP contribution < -0.4 is 5.73 Å². The van der Waals surface area contributed by atoms with Crippen molar-refractivity contribution in [3.8, 4) is 0 Å². The van der Waals surface area contributed by atoms with Gasteiger partial charge in [-0.3, -0.25) is 0 Å². The van der Waals surface area contributed by atoms with Crippen LogP contribution in [0.5, 0.6) is 0 Å². The Morgan fingerprint density at radius 3 is 3.00 bits per heavy atom. The molecule has 0 radical (unpaired) electrons. The van der Waals surface area contributed by atoms with Gasteiger partial charge >= 0.3 is 0 Å². The van der Waals surface area contributed by atoms with Crippen LogP contribution in [0.4, 0.5) is 0 Å². The van der Waals surface area contributed by atoms with Crippen LogP contribution in [0.3, 0.4) is 0 Å². The van der Waals surface area contributed by atoms with E-state index in [1.54, 1.807) is 0 Å². The smallest absolute Gasteiger partial charge is 0.0679 e. The summed E-state index contributed by atoms with van der Waals surface area (Å²) in [6, 6.07) is 7.73. The maximum absolute atomic E-state index is 9.43. The molecule has 2 atom stereocenters. The standard InChI is InChI=1S/C13H19ClN2O/c14-11-3-1-2-10(8-11)13(15)5-7-16-6-4-12(17)9-16/h1-3,8,12-13,17H,4-7,9,15H2. The Morgan fingerprint density at radius 2 is 2.35 bits per heavy atom. The number of β-amino-alcohol motifs (C(OH)–C–C–N with tert-alkyl or cyclic N) is 1. The monoisotopic (exact) mass is 254 g/mol.